The molecule has 0 bridgehead atoms. The number of carboxylic acid groups (broad SMARTS) is 1. The van der Waals surface area contributed by atoms with E-state index >= 15 is 0 Å². The van der Waals surface area contributed by atoms with Gasteiger partial charge in [-0.3, -0.25) is 9.69 Å². The number of ether oxygens (including phenoxy) is 1. The molecule has 6 nitrogen and oxygen atoms in total. The predicted molar refractivity (Wildman–Crippen MR) is 53.8 cm³/mol. The Hall–Kier alpha value is -1.40. The molecule has 1 saturated heterocycles. The summed E-state index contributed by atoms with van der Waals surface area (Å²) in [4.78, 5) is 12.8. The number of morpholine rings is 1. The highest BCUT2D eigenvalue weighted by Crippen LogP contribution is 2.14. The van der Waals surface area contributed by atoms with Gasteiger partial charge in [0.25, 0.3) is 0 Å². The SMILES string of the molecule is O=C(O)CC1COCCN1Cc1cnoc1. The second kappa shape index (κ2) is 5.09. The zero-order valence-electron chi connectivity index (χ0n) is 8.83. The molecule has 1 aromatic heterocycles. The third kappa shape index (κ3) is 2.80. The number of aromatic nitrogens is 1. The van der Waals surface area contributed by atoms with Crippen molar-refractivity contribution in [3.63, 3.8) is 0 Å². The Kier molecular flexibility index (Phi) is 3.53. The third-order valence-electron chi connectivity index (χ3n) is 2.63. The number of nitrogens with zero attached hydrogens (tertiary/aromatic N) is 2. The lowest BCUT2D eigenvalue weighted by Crippen LogP contribution is -2.45. The summed E-state index contributed by atoms with van der Waals surface area (Å²) >= 11 is 0. The Bertz CT molecular complexity index is 339. The van der Waals surface area contributed by atoms with E-state index in [-0.39, 0.29) is 12.5 Å². The van der Waals surface area contributed by atoms with Gasteiger partial charge in [-0.1, -0.05) is 5.16 Å². The van der Waals surface area contributed by atoms with Gasteiger partial charge in [0.15, 0.2) is 0 Å². The molecular weight excluding hydrogens is 212 g/mol. The molecule has 1 N–H and O–H groups in total. The van der Waals surface area contributed by atoms with Gasteiger partial charge in [-0.15, -0.1) is 0 Å². The molecule has 1 unspecified atom stereocenters. The van der Waals surface area contributed by atoms with E-state index < -0.39 is 5.97 Å². The molecule has 0 amide bonds. The summed E-state index contributed by atoms with van der Waals surface area (Å²) in [5.74, 6) is -0.800. The number of carboxylic acids is 1. The first-order chi connectivity index (χ1) is 7.75. The molecule has 0 saturated carbocycles. The van der Waals surface area contributed by atoms with Crippen LogP contribution in [0.25, 0.3) is 0 Å². The van der Waals surface area contributed by atoms with Crippen LogP contribution in [0.2, 0.25) is 0 Å². The van der Waals surface area contributed by atoms with E-state index in [9.17, 15) is 4.79 Å². The molecule has 1 aromatic rings. The summed E-state index contributed by atoms with van der Waals surface area (Å²) in [6.45, 7) is 2.51. The van der Waals surface area contributed by atoms with Crippen LogP contribution in [0.4, 0.5) is 0 Å². The van der Waals surface area contributed by atoms with Crippen LogP contribution >= 0.6 is 0 Å². The molecule has 1 atom stereocenters. The quantitative estimate of drug-likeness (QED) is 0.798. The zero-order valence-corrected chi connectivity index (χ0v) is 8.83. The van der Waals surface area contributed by atoms with Crippen molar-refractivity contribution in [2.45, 2.75) is 19.0 Å². The lowest BCUT2D eigenvalue weighted by atomic mass is 10.1. The minimum absolute atomic E-state index is 0.0684. The lowest BCUT2D eigenvalue weighted by molar-refractivity contribution is -0.140. The molecule has 0 radical (unpaired) electrons. The van der Waals surface area contributed by atoms with Gasteiger partial charge in [-0.25, -0.2) is 0 Å². The molecule has 88 valence electrons. The van der Waals surface area contributed by atoms with E-state index in [1.54, 1.807) is 12.5 Å². The number of hydrogen-bond acceptors (Lipinski definition) is 5. The second-order valence-corrected chi connectivity index (χ2v) is 3.83. The van der Waals surface area contributed by atoms with Crippen LogP contribution in [0.15, 0.2) is 17.0 Å². The summed E-state index contributed by atoms with van der Waals surface area (Å²) in [6, 6.07) is -0.0684. The van der Waals surface area contributed by atoms with Gasteiger partial charge in [0, 0.05) is 24.7 Å². The Morgan fingerprint density at radius 1 is 1.69 bits per heavy atom. The van der Waals surface area contributed by atoms with E-state index in [2.05, 4.69) is 10.1 Å². The summed E-state index contributed by atoms with van der Waals surface area (Å²) in [6.07, 6.45) is 3.33. The van der Waals surface area contributed by atoms with Crippen molar-refractivity contribution >= 4 is 5.97 Å². The first kappa shape index (κ1) is 11.1. The molecule has 6 heteroatoms. The number of hydrogen-bond donors (Lipinski definition) is 1. The highest BCUT2D eigenvalue weighted by molar-refractivity contribution is 5.67. The Labute approximate surface area is 92.8 Å². The standard InChI is InChI=1S/C10H14N2O4/c13-10(14)3-9-7-15-2-1-12(9)5-8-4-11-16-6-8/h4,6,9H,1-3,5,7H2,(H,13,14). The van der Waals surface area contributed by atoms with Crippen molar-refractivity contribution in [2.24, 2.45) is 0 Å². The highest BCUT2D eigenvalue weighted by Gasteiger charge is 2.25. The maximum atomic E-state index is 10.7. The number of aliphatic carboxylic acids is 1. The van der Waals surface area contributed by atoms with Crippen LogP contribution in [0.1, 0.15) is 12.0 Å². The Balaban J connectivity index is 1.96. The summed E-state index contributed by atoms with van der Waals surface area (Å²) in [5, 5.41) is 12.4. The van der Waals surface area contributed by atoms with Crippen LogP contribution in [-0.4, -0.2) is 46.9 Å². The van der Waals surface area contributed by atoms with Crippen LogP contribution in [-0.2, 0) is 16.1 Å². The fraction of sp³-hybridized carbons (Fsp3) is 0.600. The Morgan fingerprint density at radius 2 is 2.56 bits per heavy atom. The van der Waals surface area contributed by atoms with Gasteiger partial charge in [0.05, 0.1) is 25.8 Å². The van der Waals surface area contributed by atoms with E-state index in [0.717, 1.165) is 12.1 Å². The molecular formula is C10H14N2O4. The van der Waals surface area contributed by atoms with Gasteiger partial charge >= 0.3 is 5.97 Å². The Morgan fingerprint density at radius 3 is 3.25 bits per heavy atom. The van der Waals surface area contributed by atoms with Crippen molar-refractivity contribution < 1.29 is 19.2 Å². The van der Waals surface area contributed by atoms with Gasteiger partial charge in [-0.05, 0) is 0 Å². The average Bonchev–Trinajstić information content (AvgIpc) is 2.73. The van der Waals surface area contributed by atoms with Crippen molar-refractivity contribution in [3.8, 4) is 0 Å². The molecule has 0 aliphatic carbocycles. The molecule has 1 aliphatic heterocycles. The van der Waals surface area contributed by atoms with E-state index in [1.165, 1.54) is 0 Å². The minimum Gasteiger partial charge on any atom is -0.481 e. The molecule has 1 aliphatic rings. The average molecular weight is 226 g/mol. The normalized spacial score (nSPS) is 22.1. The lowest BCUT2D eigenvalue weighted by Gasteiger charge is -2.34. The van der Waals surface area contributed by atoms with Crippen LogP contribution in [0.5, 0.6) is 0 Å². The molecule has 2 rings (SSSR count). The maximum absolute atomic E-state index is 10.7. The third-order valence-corrected chi connectivity index (χ3v) is 2.63. The first-order valence-electron chi connectivity index (χ1n) is 5.17. The predicted octanol–water partition coefficient (Wildman–Crippen LogP) is 0.350. The smallest absolute Gasteiger partial charge is 0.305 e. The van der Waals surface area contributed by atoms with Gasteiger partial charge in [0.1, 0.15) is 6.26 Å². The van der Waals surface area contributed by atoms with E-state index in [0.29, 0.717) is 19.8 Å². The molecule has 1 fully saturated rings. The first-order valence-corrected chi connectivity index (χ1v) is 5.17. The highest BCUT2D eigenvalue weighted by atomic mass is 16.5. The topological polar surface area (TPSA) is 75.8 Å². The fourth-order valence-corrected chi connectivity index (χ4v) is 1.83. The van der Waals surface area contributed by atoms with Gasteiger partial charge in [0.2, 0.25) is 0 Å². The number of carbonyl (C=O) groups is 1. The number of rotatable bonds is 4. The summed E-state index contributed by atoms with van der Waals surface area (Å²) in [7, 11) is 0. The van der Waals surface area contributed by atoms with Crippen LogP contribution < -0.4 is 0 Å². The van der Waals surface area contributed by atoms with Crippen molar-refractivity contribution in [2.75, 3.05) is 19.8 Å². The van der Waals surface area contributed by atoms with Crippen LogP contribution in [0, 0.1) is 0 Å². The minimum atomic E-state index is -0.800. The second-order valence-electron chi connectivity index (χ2n) is 3.83. The molecule has 2 heterocycles. The van der Waals surface area contributed by atoms with Crippen molar-refractivity contribution in [3.05, 3.63) is 18.0 Å². The molecule has 0 spiro atoms. The summed E-state index contributed by atoms with van der Waals surface area (Å²) < 4.78 is 10.0. The molecule has 16 heavy (non-hydrogen) atoms. The monoisotopic (exact) mass is 226 g/mol. The van der Waals surface area contributed by atoms with E-state index in [1.807, 2.05) is 0 Å². The summed E-state index contributed by atoms with van der Waals surface area (Å²) in [5.41, 5.74) is 0.956. The van der Waals surface area contributed by atoms with E-state index in [4.69, 9.17) is 14.4 Å². The van der Waals surface area contributed by atoms with Gasteiger partial charge < -0.3 is 14.4 Å². The maximum Gasteiger partial charge on any atom is 0.305 e. The zero-order chi connectivity index (χ0) is 11.4. The fourth-order valence-electron chi connectivity index (χ4n) is 1.83. The molecule has 0 aromatic carbocycles. The van der Waals surface area contributed by atoms with Gasteiger partial charge in [-0.2, -0.15) is 0 Å². The van der Waals surface area contributed by atoms with Crippen LogP contribution in [0.3, 0.4) is 0 Å². The van der Waals surface area contributed by atoms with Crippen molar-refractivity contribution in [1.82, 2.24) is 10.1 Å². The van der Waals surface area contributed by atoms with Crippen molar-refractivity contribution in [1.29, 1.82) is 0 Å². The largest absolute Gasteiger partial charge is 0.481 e.